The summed E-state index contributed by atoms with van der Waals surface area (Å²) in [7, 11) is 0. The highest BCUT2D eigenvalue weighted by molar-refractivity contribution is 4.86. The highest BCUT2D eigenvalue weighted by Crippen LogP contribution is 2.09. The fourth-order valence-electron chi connectivity index (χ4n) is 2.45. The first kappa shape index (κ1) is 11.1. The standard InChI is InChI=1S/C11H22N4/c1-2-6-14-9-5-13-10-11(14)15-7-3-12-4-8-15/h2,11-13H,1,3-10H2. The molecule has 1 atom stereocenters. The molecule has 2 rings (SSSR count). The average molecular weight is 210 g/mol. The van der Waals surface area contributed by atoms with E-state index < -0.39 is 0 Å². The molecule has 2 aliphatic heterocycles. The van der Waals surface area contributed by atoms with Crippen molar-refractivity contribution < 1.29 is 0 Å². The smallest absolute Gasteiger partial charge is 0.0755 e. The zero-order valence-corrected chi connectivity index (χ0v) is 9.41. The van der Waals surface area contributed by atoms with Crippen LogP contribution in [0.15, 0.2) is 12.7 Å². The third-order valence-electron chi connectivity index (χ3n) is 3.26. The molecule has 0 saturated carbocycles. The summed E-state index contributed by atoms with van der Waals surface area (Å²) in [6, 6.07) is 0. The second kappa shape index (κ2) is 5.61. The second-order valence-electron chi connectivity index (χ2n) is 4.25. The van der Waals surface area contributed by atoms with Crippen molar-refractivity contribution in [3.63, 3.8) is 0 Å². The van der Waals surface area contributed by atoms with E-state index in [-0.39, 0.29) is 0 Å². The third kappa shape index (κ3) is 2.78. The molecule has 0 aliphatic carbocycles. The molecule has 15 heavy (non-hydrogen) atoms. The molecule has 2 aliphatic rings. The summed E-state index contributed by atoms with van der Waals surface area (Å²) in [5.41, 5.74) is 0. The van der Waals surface area contributed by atoms with E-state index in [9.17, 15) is 0 Å². The van der Waals surface area contributed by atoms with E-state index in [1.54, 1.807) is 0 Å². The minimum absolute atomic E-state index is 0.568. The molecule has 0 amide bonds. The summed E-state index contributed by atoms with van der Waals surface area (Å²) in [6.07, 6.45) is 2.58. The summed E-state index contributed by atoms with van der Waals surface area (Å²) in [5.74, 6) is 0. The molecule has 0 spiro atoms. The van der Waals surface area contributed by atoms with Crippen LogP contribution in [0.25, 0.3) is 0 Å². The van der Waals surface area contributed by atoms with Crippen molar-refractivity contribution in [2.45, 2.75) is 6.17 Å². The SMILES string of the molecule is C=CCN1CCNCC1N1CCNCC1. The molecule has 0 aromatic carbocycles. The number of nitrogens with one attached hydrogen (secondary N) is 2. The van der Waals surface area contributed by atoms with Crippen LogP contribution in [0.4, 0.5) is 0 Å². The Bertz CT molecular complexity index is 201. The van der Waals surface area contributed by atoms with Crippen molar-refractivity contribution >= 4 is 0 Å². The van der Waals surface area contributed by atoms with Crippen molar-refractivity contribution in [3.8, 4) is 0 Å². The van der Waals surface area contributed by atoms with E-state index in [1.807, 2.05) is 6.08 Å². The van der Waals surface area contributed by atoms with Gasteiger partial charge >= 0.3 is 0 Å². The van der Waals surface area contributed by atoms with Gasteiger partial charge in [0.2, 0.25) is 0 Å². The first-order chi connectivity index (χ1) is 7.42. The molecule has 0 aromatic rings. The van der Waals surface area contributed by atoms with Gasteiger partial charge in [0.1, 0.15) is 0 Å². The lowest BCUT2D eigenvalue weighted by atomic mass is 10.2. The van der Waals surface area contributed by atoms with Crippen LogP contribution in [0.1, 0.15) is 0 Å². The van der Waals surface area contributed by atoms with Crippen LogP contribution >= 0.6 is 0 Å². The summed E-state index contributed by atoms with van der Waals surface area (Å²) in [5, 5.41) is 6.88. The zero-order valence-electron chi connectivity index (χ0n) is 9.41. The van der Waals surface area contributed by atoms with E-state index in [2.05, 4.69) is 27.0 Å². The Morgan fingerprint density at radius 3 is 2.60 bits per heavy atom. The molecule has 86 valence electrons. The van der Waals surface area contributed by atoms with Gasteiger partial charge in [0, 0.05) is 52.4 Å². The molecule has 4 heteroatoms. The average Bonchev–Trinajstić information content (AvgIpc) is 2.31. The molecule has 2 heterocycles. The quantitative estimate of drug-likeness (QED) is 0.604. The van der Waals surface area contributed by atoms with Gasteiger partial charge in [-0.05, 0) is 0 Å². The molecule has 2 N–H and O–H groups in total. The van der Waals surface area contributed by atoms with Gasteiger partial charge in [-0.15, -0.1) is 6.58 Å². The van der Waals surface area contributed by atoms with Gasteiger partial charge in [0.15, 0.2) is 0 Å². The van der Waals surface area contributed by atoms with E-state index in [1.165, 1.54) is 13.1 Å². The fourth-order valence-corrected chi connectivity index (χ4v) is 2.45. The largest absolute Gasteiger partial charge is 0.314 e. The van der Waals surface area contributed by atoms with Crippen molar-refractivity contribution in [2.24, 2.45) is 0 Å². The van der Waals surface area contributed by atoms with E-state index >= 15 is 0 Å². The van der Waals surface area contributed by atoms with Gasteiger partial charge in [-0.2, -0.15) is 0 Å². The van der Waals surface area contributed by atoms with Gasteiger partial charge < -0.3 is 10.6 Å². The minimum Gasteiger partial charge on any atom is -0.314 e. The Balaban J connectivity index is 1.93. The first-order valence-corrected chi connectivity index (χ1v) is 5.92. The molecule has 4 nitrogen and oxygen atoms in total. The number of piperazine rings is 2. The second-order valence-corrected chi connectivity index (χ2v) is 4.25. The highest BCUT2D eigenvalue weighted by atomic mass is 15.4. The zero-order chi connectivity index (χ0) is 10.5. The Morgan fingerprint density at radius 2 is 1.87 bits per heavy atom. The fraction of sp³-hybridized carbons (Fsp3) is 0.818. The topological polar surface area (TPSA) is 30.5 Å². The minimum atomic E-state index is 0.568. The Labute approximate surface area is 92.3 Å². The van der Waals surface area contributed by atoms with Crippen LogP contribution in [-0.4, -0.2) is 68.3 Å². The summed E-state index contributed by atoms with van der Waals surface area (Å²) in [6.45, 7) is 12.8. The normalized spacial score (nSPS) is 30.3. The number of hydrogen-bond donors (Lipinski definition) is 2. The molecular weight excluding hydrogens is 188 g/mol. The van der Waals surface area contributed by atoms with Crippen LogP contribution in [0, 0.1) is 0 Å². The molecule has 2 saturated heterocycles. The lowest BCUT2D eigenvalue weighted by Crippen LogP contribution is -2.62. The van der Waals surface area contributed by atoms with Gasteiger partial charge in [-0.25, -0.2) is 0 Å². The maximum Gasteiger partial charge on any atom is 0.0755 e. The van der Waals surface area contributed by atoms with Crippen LogP contribution in [0.5, 0.6) is 0 Å². The van der Waals surface area contributed by atoms with Crippen molar-refractivity contribution in [1.29, 1.82) is 0 Å². The predicted octanol–water partition coefficient (Wildman–Crippen LogP) is -0.691. The Hall–Kier alpha value is -0.420. The summed E-state index contributed by atoms with van der Waals surface area (Å²) >= 11 is 0. The number of rotatable bonds is 3. The predicted molar refractivity (Wildman–Crippen MR) is 62.9 cm³/mol. The highest BCUT2D eigenvalue weighted by Gasteiger charge is 2.27. The Morgan fingerprint density at radius 1 is 1.13 bits per heavy atom. The van der Waals surface area contributed by atoms with Gasteiger partial charge in [-0.3, -0.25) is 9.80 Å². The number of nitrogens with zero attached hydrogens (tertiary/aromatic N) is 2. The van der Waals surface area contributed by atoms with Crippen molar-refractivity contribution in [2.75, 3.05) is 52.4 Å². The lowest BCUT2D eigenvalue weighted by Gasteiger charge is -2.44. The van der Waals surface area contributed by atoms with Crippen LogP contribution in [-0.2, 0) is 0 Å². The maximum atomic E-state index is 3.84. The van der Waals surface area contributed by atoms with E-state index in [0.717, 1.165) is 39.3 Å². The molecule has 0 aromatic heterocycles. The van der Waals surface area contributed by atoms with E-state index in [0.29, 0.717) is 6.17 Å². The Kier molecular flexibility index (Phi) is 4.14. The van der Waals surface area contributed by atoms with Gasteiger partial charge in [-0.1, -0.05) is 6.08 Å². The van der Waals surface area contributed by atoms with Crippen LogP contribution < -0.4 is 10.6 Å². The molecule has 1 unspecified atom stereocenters. The monoisotopic (exact) mass is 210 g/mol. The molecule has 2 fully saturated rings. The molecule has 0 radical (unpaired) electrons. The van der Waals surface area contributed by atoms with Crippen LogP contribution in [0.3, 0.4) is 0 Å². The summed E-state index contributed by atoms with van der Waals surface area (Å²) in [4.78, 5) is 5.10. The lowest BCUT2D eigenvalue weighted by molar-refractivity contribution is 0.0246. The maximum absolute atomic E-state index is 3.84. The third-order valence-corrected chi connectivity index (χ3v) is 3.26. The first-order valence-electron chi connectivity index (χ1n) is 5.92. The van der Waals surface area contributed by atoms with Crippen molar-refractivity contribution in [3.05, 3.63) is 12.7 Å². The van der Waals surface area contributed by atoms with E-state index in [4.69, 9.17) is 0 Å². The summed E-state index contributed by atoms with van der Waals surface area (Å²) < 4.78 is 0. The molecule has 0 bridgehead atoms. The van der Waals surface area contributed by atoms with Gasteiger partial charge in [0.25, 0.3) is 0 Å². The van der Waals surface area contributed by atoms with Crippen molar-refractivity contribution in [1.82, 2.24) is 20.4 Å². The van der Waals surface area contributed by atoms with Gasteiger partial charge in [0.05, 0.1) is 6.17 Å². The van der Waals surface area contributed by atoms with Crippen LogP contribution in [0.2, 0.25) is 0 Å². The molecular formula is C11H22N4. The number of hydrogen-bond acceptors (Lipinski definition) is 4.